The molecule has 2 aromatic carbocycles. The van der Waals surface area contributed by atoms with Gasteiger partial charge in [0.15, 0.2) is 23.8 Å². The van der Waals surface area contributed by atoms with Crippen LogP contribution < -0.4 is 4.89 Å². The van der Waals surface area contributed by atoms with Crippen molar-refractivity contribution in [2.75, 3.05) is 6.61 Å². The largest absolute Gasteiger partial charge is 0.461 e. The molecule has 1 saturated heterocycles. The van der Waals surface area contributed by atoms with Crippen molar-refractivity contribution in [3.05, 3.63) is 71.8 Å². The second kappa shape index (κ2) is 9.00. The lowest BCUT2D eigenvalue weighted by atomic mass is 10.1. The number of carbonyl (C=O) groups excluding carboxylic acids is 2. The summed E-state index contributed by atoms with van der Waals surface area (Å²) >= 11 is 0.451. The van der Waals surface area contributed by atoms with Crippen LogP contribution in [-0.2, 0) is 25.2 Å². The van der Waals surface area contributed by atoms with E-state index in [0.29, 0.717) is 17.8 Å². The molecular weight excluding hydrogens is 370 g/mol. The zero-order chi connectivity index (χ0) is 19.1. The number of carbonyl (C=O) groups is 2. The molecule has 138 valence electrons. The van der Waals surface area contributed by atoms with E-state index >= 15 is 0 Å². The Morgan fingerprint density at radius 3 is 2.41 bits per heavy atom. The Bertz CT molecular complexity index is 856. The Morgan fingerprint density at radius 1 is 1.19 bits per heavy atom. The van der Waals surface area contributed by atoms with Crippen molar-refractivity contribution in [2.24, 2.45) is 0 Å². The first-order valence-corrected chi connectivity index (χ1v) is 8.73. The predicted octanol–water partition coefficient (Wildman–Crippen LogP) is 2.23. The smallest absolute Gasteiger partial charge is 0.444 e. The van der Waals surface area contributed by atoms with Crippen molar-refractivity contribution < 1.29 is 28.3 Å². The number of ether oxygens (including phenoxy) is 1. The van der Waals surface area contributed by atoms with Gasteiger partial charge in [-0.2, -0.15) is 4.79 Å². The van der Waals surface area contributed by atoms with Crippen LogP contribution in [0.3, 0.4) is 0 Å². The lowest BCUT2D eigenvalue weighted by Gasteiger charge is -2.34. The summed E-state index contributed by atoms with van der Waals surface area (Å²) in [6, 6.07) is 17.0. The quantitative estimate of drug-likeness (QED) is 0.110. The highest BCUT2D eigenvalue weighted by Crippen LogP contribution is 2.20. The van der Waals surface area contributed by atoms with Crippen molar-refractivity contribution in [3.63, 3.8) is 0 Å². The van der Waals surface area contributed by atoms with E-state index in [-0.39, 0.29) is 18.2 Å². The van der Waals surface area contributed by atoms with Crippen LogP contribution in [0.2, 0.25) is 0 Å². The Hall–Kier alpha value is -3.13. The number of amides is 1. The fraction of sp³-hybridized carbons (Fsp3) is 0.167. The third kappa shape index (κ3) is 4.73. The van der Waals surface area contributed by atoms with E-state index in [1.807, 2.05) is 36.4 Å². The first kappa shape index (κ1) is 18.7. The van der Waals surface area contributed by atoms with E-state index in [0.717, 1.165) is 5.56 Å². The van der Waals surface area contributed by atoms with Gasteiger partial charge >= 0.3 is 16.9 Å². The maximum absolute atomic E-state index is 12.8. The molecule has 8 nitrogen and oxygen atoms in total. The highest BCUT2D eigenvalue weighted by molar-refractivity contribution is 8.11. The Labute approximate surface area is 159 Å². The van der Waals surface area contributed by atoms with E-state index < -0.39 is 17.9 Å². The van der Waals surface area contributed by atoms with Crippen LogP contribution >= 0.6 is 12.0 Å². The average Bonchev–Trinajstić information content (AvgIpc) is 2.70. The summed E-state index contributed by atoms with van der Waals surface area (Å²) in [4.78, 5) is 33.7. The van der Waals surface area contributed by atoms with Gasteiger partial charge in [0.1, 0.15) is 6.61 Å². The fourth-order valence-corrected chi connectivity index (χ4v) is 2.73. The standard InChI is InChI=1S/C18H15N3O5S/c19-20-16(27-26-25-14-9-5-2-6-10-14)17(22)21(15-12-24-18(15)23)11-13-7-3-1-4-8-13/h1-10,15H,11-12H2. The molecule has 1 fully saturated rings. The van der Waals surface area contributed by atoms with E-state index in [9.17, 15) is 15.1 Å². The molecule has 0 radical (unpaired) electrons. The highest BCUT2D eigenvalue weighted by atomic mass is 32.2. The van der Waals surface area contributed by atoms with Gasteiger partial charge in [-0.15, -0.1) is 4.33 Å². The summed E-state index contributed by atoms with van der Waals surface area (Å²) < 4.78 is 9.68. The van der Waals surface area contributed by atoms with Gasteiger partial charge in [-0.1, -0.05) is 48.5 Å². The highest BCUT2D eigenvalue weighted by Gasteiger charge is 2.43. The molecular formula is C18H15N3O5S. The third-order valence-corrected chi connectivity index (χ3v) is 4.30. The van der Waals surface area contributed by atoms with Crippen LogP contribution in [0.5, 0.6) is 5.75 Å². The summed E-state index contributed by atoms with van der Waals surface area (Å²) in [6.07, 6.45) is 0. The monoisotopic (exact) mass is 385 g/mol. The molecule has 2 aromatic rings. The molecule has 1 heterocycles. The number of benzene rings is 2. The second-order valence-electron chi connectivity index (χ2n) is 5.52. The van der Waals surface area contributed by atoms with Gasteiger partial charge in [0.2, 0.25) is 0 Å². The summed E-state index contributed by atoms with van der Waals surface area (Å²) in [7, 11) is 0. The van der Waals surface area contributed by atoms with Crippen molar-refractivity contribution in [1.29, 1.82) is 0 Å². The fourth-order valence-electron chi connectivity index (χ4n) is 2.33. The molecule has 3 rings (SSSR count). The third-order valence-electron chi connectivity index (χ3n) is 3.75. The van der Waals surface area contributed by atoms with Crippen LogP contribution in [0.15, 0.2) is 60.7 Å². The average molecular weight is 385 g/mol. The first-order chi connectivity index (χ1) is 13.2. The number of para-hydroxylation sites is 1. The van der Waals surface area contributed by atoms with Crippen LogP contribution in [0.1, 0.15) is 5.56 Å². The molecule has 0 aromatic heterocycles. The first-order valence-electron chi connectivity index (χ1n) is 7.99. The van der Waals surface area contributed by atoms with Crippen LogP contribution in [0.25, 0.3) is 5.53 Å². The van der Waals surface area contributed by atoms with Crippen LogP contribution in [0, 0.1) is 0 Å². The SMILES string of the molecule is [N-]=[N+]=C(SOOc1ccccc1)C(=O)N(Cc1ccccc1)C1COC1=O. The number of hydrogen-bond donors (Lipinski definition) is 0. The minimum atomic E-state index is -0.745. The van der Waals surface area contributed by atoms with Gasteiger partial charge in [0, 0.05) is 6.54 Å². The van der Waals surface area contributed by atoms with Gasteiger partial charge in [-0.3, -0.25) is 4.79 Å². The van der Waals surface area contributed by atoms with Gasteiger partial charge in [0.05, 0.1) is 0 Å². The molecule has 1 amide bonds. The number of nitrogens with zero attached hydrogens (tertiary/aromatic N) is 3. The molecule has 1 atom stereocenters. The maximum Gasteiger partial charge on any atom is 0.444 e. The van der Waals surface area contributed by atoms with Crippen molar-refractivity contribution in [1.82, 2.24) is 4.90 Å². The van der Waals surface area contributed by atoms with Crippen molar-refractivity contribution >= 4 is 29.0 Å². The maximum atomic E-state index is 12.8. The molecule has 0 aliphatic carbocycles. The number of hydrogen-bond acceptors (Lipinski definition) is 6. The molecule has 0 bridgehead atoms. The molecule has 0 N–H and O–H groups in total. The lowest BCUT2D eigenvalue weighted by Crippen LogP contribution is -2.56. The topological polar surface area (TPSA) is 101 Å². The van der Waals surface area contributed by atoms with Gasteiger partial charge in [0.25, 0.3) is 0 Å². The van der Waals surface area contributed by atoms with Crippen molar-refractivity contribution in [2.45, 2.75) is 12.6 Å². The second-order valence-corrected chi connectivity index (χ2v) is 6.21. The molecule has 27 heavy (non-hydrogen) atoms. The molecule has 1 aliphatic rings. The van der Waals surface area contributed by atoms with E-state index in [2.05, 4.69) is 4.79 Å². The minimum absolute atomic E-state index is 0.0855. The number of esters is 1. The van der Waals surface area contributed by atoms with Gasteiger partial charge in [-0.05, 0) is 17.7 Å². The predicted molar refractivity (Wildman–Crippen MR) is 96.1 cm³/mol. The minimum Gasteiger partial charge on any atom is -0.461 e. The van der Waals surface area contributed by atoms with E-state index in [1.54, 1.807) is 24.3 Å². The lowest BCUT2D eigenvalue weighted by molar-refractivity contribution is -0.175. The van der Waals surface area contributed by atoms with Crippen LogP contribution in [-0.4, -0.2) is 39.3 Å². The Morgan fingerprint density at radius 2 is 1.85 bits per heavy atom. The zero-order valence-corrected chi connectivity index (χ0v) is 14.9. The van der Waals surface area contributed by atoms with E-state index in [1.165, 1.54) is 4.90 Å². The Balaban J connectivity index is 1.67. The Kier molecular flexibility index (Phi) is 6.22. The van der Waals surface area contributed by atoms with E-state index in [4.69, 9.17) is 14.0 Å². The normalized spacial score (nSPS) is 15.1. The molecule has 1 unspecified atom stereocenters. The van der Waals surface area contributed by atoms with Gasteiger partial charge < -0.3 is 20.1 Å². The summed E-state index contributed by atoms with van der Waals surface area (Å²) in [5.41, 5.74) is 10.0. The van der Waals surface area contributed by atoms with Gasteiger partial charge in [-0.25, -0.2) is 4.79 Å². The molecule has 0 saturated carbocycles. The number of rotatable bonds is 6. The molecule has 0 spiro atoms. The zero-order valence-electron chi connectivity index (χ0n) is 14.1. The van der Waals surface area contributed by atoms with Crippen molar-refractivity contribution in [3.8, 4) is 5.75 Å². The summed E-state index contributed by atoms with van der Waals surface area (Å²) in [6.45, 7) is 0.237. The molecule has 1 aliphatic heterocycles. The molecule has 9 heteroatoms. The van der Waals surface area contributed by atoms with Crippen LogP contribution in [0.4, 0.5) is 0 Å². The summed E-state index contributed by atoms with van der Waals surface area (Å²) in [5, 5.41) is -0.374. The number of cyclic esters (lactones) is 1. The summed E-state index contributed by atoms with van der Waals surface area (Å²) in [5.74, 6) is -0.772.